The molecule has 4 saturated carbocycles. The van der Waals surface area contributed by atoms with Crippen LogP contribution in [-0.4, -0.2) is 29.5 Å². The largest absolute Gasteiger partial charge is 0.462 e. The summed E-state index contributed by atoms with van der Waals surface area (Å²) in [6, 6.07) is 9.75. The number of ketones is 1. The molecular formula is C39H55NO5. The lowest BCUT2D eigenvalue weighted by atomic mass is 9.33. The minimum atomic E-state index is -0.664. The van der Waals surface area contributed by atoms with E-state index in [4.69, 9.17) is 9.47 Å². The molecule has 5 aliphatic carbocycles. The molecule has 0 saturated heterocycles. The number of ether oxygens (including phenoxy) is 2. The van der Waals surface area contributed by atoms with Gasteiger partial charge in [-0.05, 0) is 108 Å². The van der Waals surface area contributed by atoms with E-state index in [0.717, 1.165) is 62.5 Å². The average molecular weight is 618 g/mol. The Hall–Kier alpha value is -2.63. The Morgan fingerprint density at radius 3 is 2.27 bits per heavy atom. The summed E-state index contributed by atoms with van der Waals surface area (Å²) in [6.45, 7) is 18.3. The molecule has 6 nitrogen and oxygen atoms in total. The van der Waals surface area contributed by atoms with Crippen LogP contribution in [0.2, 0.25) is 0 Å². The molecule has 4 fully saturated rings. The first-order valence-corrected chi connectivity index (χ1v) is 17.5. The van der Waals surface area contributed by atoms with Crippen molar-refractivity contribution in [2.45, 2.75) is 131 Å². The lowest BCUT2D eigenvalue weighted by Gasteiger charge is -2.72. The number of esters is 1. The number of fused-ring (bicyclic) bond motifs is 7. The molecule has 0 radical (unpaired) electrons. The van der Waals surface area contributed by atoms with Crippen molar-refractivity contribution in [1.29, 1.82) is 0 Å². The highest BCUT2D eigenvalue weighted by Crippen LogP contribution is 2.75. The number of alkyl carbamates (subject to hydrolysis) is 1. The van der Waals surface area contributed by atoms with Crippen LogP contribution in [0.3, 0.4) is 0 Å². The predicted octanol–water partition coefficient (Wildman–Crippen LogP) is 8.58. The third-order valence-electron chi connectivity index (χ3n) is 14.2. The van der Waals surface area contributed by atoms with Gasteiger partial charge < -0.3 is 14.8 Å². The molecule has 1 N–H and O–H groups in total. The summed E-state index contributed by atoms with van der Waals surface area (Å²) in [5, 5.41) is 3.32. The highest BCUT2D eigenvalue weighted by atomic mass is 16.5. The molecule has 45 heavy (non-hydrogen) atoms. The lowest BCUT2D eigenvalue weighted by Crippen LogP contribution is -2.67. The molecule has 0 spiro atoms. The second-order valence-corrected chi connectivity index (χ2v) is 16.9. The van der Waals surface area contributed by atoms with Crippen molar-refractivity contribution in [1.82, 2.24) is 5.32 Å². The minimum absolute atomic E-state index is 0.0139. The van der Waals surface area contributed by atoms with E-state index >= 15 is 0 Å². The van der Waals surface area contributed by atoms with Gasteiger partial charge in [0.1, 0.15) is 12.7 Å². The van der Waals surface area contributed by atoms with Crippen LogP contribution >= 0.6 is 0 Å². The van der Waals surface area contributed by atoms with Gasteiger partial charge in [-0.3, -0.25) is 9.59 Å². The van der Waals surface area contributed by atoms with Crippen molar-refractivity contribution < 1.29 is 23.9 Å². The molecule has 3 unspecified atom stereocenters. The van der Waals surface area contributed by atoms with E-state index < -0.39 is 11.6 Å². The number of allylic oxidation sites excluding steroid dienone is 1. The fourth-order valence-electron chi connectivity index (χ4n) is 12.1. The number of Topliss-reactive ketones (excluding diaryl/α,β-unsaturated/α-hetero) is 1. The van der Waals surface area contributed by atoms with E-state index in [2.05, 4.69) is 53.8 Å². The third-order valence-corrected chi connectivity index (χ3v) is 14.2. The van der Waals surface area contributed by atoms with Crippen molar-refractivity contribution >= 4 is 17.8 Å². The lowest BCUT2D eigenvalue weighted by molar-refractivity contribution is -0.231. The fourth-order valence-corrected chi connectivity index (χ4v) is 12.1. The first kappa shape index (κ1) is 32.3. The molecular weight excluding hydrogens is 562 g/mol. The normalized spacial score (nSPS) is 40.2. The Morgan fingerprint density at radius 2 is 1.60 bits per heavy atom. The Labute approximate surface area is 270 Å². The number of hydrogen-bond acceptors (Lipinski definition) is 5. The zero-order chi connectivity index (χ0) is 32.6. The number of carbonyl (C=O) groups excluding carboxylic acids is 3. The van der Waals surface area contributed by atoms with Gasteiger partial charge in [0.05, 0.1) is 5.54 Å². The number of benzene rings is 1. The summed E-state index contributed by atoms with van der Waals surface area (Å²) in [5.74, 6) is 1.42. The molecule has 0 bridgehead atoms. The number of hydrogen-bond donors (Lipinski definition) is 1. The van der Waals surface area contributed by atoms with Gasteiger partial charge in [0.2, 0.25) is 0 Å². The van der Waals surface area contributed by atoms with E-state index in [1.54, 1.807) is 6.92 Å². The van der Waals surface area contributed by atoms with Gasteiger partial charge in [0.25, 0.3) is 0 Å². The zero-order valence-electron chi connectivity index (χ0n) is 28.9. The number of amides is 1. The summed E-state index contributed by atoms with van der Waals surface area (Å²) in [7, 11) is 0. The van der Waals surface area contributed by atoms with Crippen molar-refractivity contribution in [3.8, 4) is 0 Å². The van der Waals surface area contributed by atoms with E-state index in [0.29, 0.717) is 18.3 Å². The summed E-state index contributed by atoms with van der Waals surface area (Å²) in [6.07, 6.45) is 8.04. The molecule has 1 amide bonds. The van der Waals surface area contributed by atoms with Gasteiger partial charge in [-0.1, -0.05) is 78.8 Å². The van der Waals surface area contributed by atoms with Crippen LogP contribution in [-0.2, 0) is 25.7 Å². The van der Waals surface area contributed by atoms with Gasteiger partial charge in [0, 0.05) is 18.8 Å². The van der Waals surface area contributed by atoms with E-state index in [-0.39, 0.29) is 58.0 Å². The first-order chi connectivity index (χ1) is 21.1. The SMILES string of the molecule is CC(=O)O[C@H]1CC[C@@]2(C)C(CC[C@]3(C)C2CCC2C4=C(C(C)C)C(=O)C[C@]4(NC(=O)OCc4ccccc4)CC[C@]23C)C1(C)C. The topological polar surface area (TPSA) is 81.7 Å². The van der Waals surface area contributed by atoms with Gasteiger partial charge in [0.15, 0.2) is 5.78 Å². The minimum Gasteiger partial charge on any atom is -0.462 e. The van der Waals surface area contributed by atoms with Crippen LogP contribution in [0.1, 0.15) is 119 Å². The van der Waals surface area contributed by atoms with Crippen molar-refractivity contribution in [3.05, 3.63) is 47.0 Å². The monoisotopic (exact) mass is 617 g/mol. The Balaban J connectivity index is 1.32. The molecule has 6 heteroatoms. The molecule has 246 valence electrons. The molecule has 1 aromatic rings. The molecule has 0 aliphatic heterocycles. The summed E-state index contributed by atoms with van der Waals surface area (Å²) in [5.41, 5.74) is 2.67. The van der Waals surface area contributed by atoms with Crippen LogP contribution in [0.5, 0.6) is 0 Å². The number of carbonyl (C=O) groups is 3. The first-order valence-electron chi connectivity index (χ1n) is 17.5. The van der Waals surface area contributed by atoms with Crippen molar-refractivity contribution in [2.75, 3.05) is 0 Å². The quantitative estimate of drug-likeness (QED) is 0.335. The highest BCUT2D eigenvalue weighted by molar-refractivity contribution is 6.02. The van der Waals surface area contributed by atoms with Gasteiger partial charge in [-0.15, -0.1) is 0 Å². The number of nitrogens with one attached hydrogen (secondary N) is 1. The van der Waals surface area contributed by atoms with Crippen LogP contribution in [0.15, 0.2) is 41.5 Å². The second-order valence-electron chi connectivity index (χ2n) is 16.9. The second kappa shape index (κ2) is 11.0. The smallest absolute Gasteiger partial charge is 0.408 e. The van der Waals surface area contributed by atoms with E-state index in [1.807, 2.05) is 30.3 Å². The van der Waals surface area contributed by atoms with Crippen LogP contribution in [0.4, 0.5) is 4.79 Å². The maximum atomic E-state index is 13.8. The molecule has 8 atom stereocenters. The fraction of sp³-hybridized carbons (Fsp3) is 0.718. The van der Waals surface area contributed by atoms with E-state index in [9.17, 15) is 14.4 Å². The summed E-state index contributed by atoms with van der Waals surface area (Å²) >= 11 is 0. The average Bonchev–Trinajstić information content (AvgIpc) is 3.26. The van der Waals surface area contributed by atoms with Gasteiger partial charge in [-0.2, -0.15) is 0 Å². The Morgan fingerprint density at radius 1 is 0.889 bits per heavy atom. The molecule has 6 rings (SSSR count). The van der Waals surface area contributed by atoms with Crippen molar-refractivity contribution in [2.24, 2.45) is 45.3 Å². The van der Waals surface area contributed by atoms with Gasteiger partial charge in [-0.25, -0.2) is 4.79 Å². The zero-order valence-corrected chi connectivity index (χ0v) is 28.9. The molecule has 1 aromatic carbocycles. The maximum absolute atomic E-state index is 13.8. The molecule has 5 aliphatic rings. The highest BCUT2D eigenvalue weighted by Gasteiger charge is 2.70. The van der Waals surface area contributed by atoms with Gasteiger partial charge >= 0.3 is 12.1 Å². The predicted molar refractivity (Wildman–Crippen MR) is 175 cm³/mol. The molecule has 0 aromatic heterocycles. The van der Waals surface area contributed by atoms with Crippen LogP contribution < -0.4 is 5.32 Å². The maximum Gasteiger partial charge on any atom is 0.408 e. The van der Waals surface area contributed by atoms with Crippen LogP contribution in [0, 0.1) is 45.3 Å². The molecule has 0 heterocycles. The van der Waals surface area contributed by atoms with Crippen LogP contribution in [0.25, 0.3) is 0 Å². The third kappa shape index (κ3) is 4.82. The Kier molecular flexibility index (Phi) is 7.88. The summed E-state index contributed by atoms with van der Waals surface area (Å²) < 4.78 is 11.7. The standard InChI is InChI=1S/C39H55NO5/c1-24(2)32-28(42)22-39(40-34(43)44-23-26-12-10-9-11-13-26)21-20-37(7)27(33(32)39)14-15-30-36(6)18-17-31(45-25(3)41)35(4,5)29(36)16-19-38(30,37)8/h9-13,24,27,29-31H,14-23H2,1-8H3,(H,40,43)/t27?,29?,30?,31-,36-,37+,38+,39+/m0/s1. The number of rotatable bonds is 5. The van der Waals surface area contributed by atoms with E-state index in [1.165, 1.54) is 5.57 Å². The summed E-state index contributed by atoms with van der Waals surface area (Å²) in [4.78, 5) is 39.2. The Bertz CT molecular complexity index is 1400. The van der Waals surface area contributed by atoms with Crippen molar-refractivity contribution in [3.63, 3.8) is 0 Å².